The van der Waals surface area contributed by atoms with Gasteiger partial charge in [0.05, 0.1) is 12.6 Å². The number of aromatic nitrogens is 1. The molecule has 1 heterocycles. The van der Waals surface area contributed by atoms with Gasteiger partial charge in [0, 0.05) is 24.5 Å². The third-order valence-electron chi connectivity index (χ3n) is 3.28. The van der Waals surface area contributed by atoms with Crippen LogP contribution in [0.4, 0.5) is 0 Å². The van der Waals surface area contributed by atoms with Gasteiger partial charge in [-0.2, -0.15) is 0 Å². The van der Waals surface area contributed by atoms with Gasteiger partial charge in [-0.1, -0.05) is 6.92 Å². The Kier molecular flexibility index (Phi) is 5.92. The van der Waals surface area contributed by atoms with Crippen LogP contribution < -0.4 is 11.5 Å². The standard InChI is InChI=1S/C14H24N4O/c1-4-12(15)14(11-5-7-17-8-6-11)18(10(2)3)9-13(16)19/h5-8,10,12,14H,4,9,15H2,1-3H3,(H2,16,19). The molecule has 2 atom stereocenters. The lowest BCUT2D eigenvalue weighted by molar-refractivity contribution is -0.120. The zero-order valence-electron chi connectivity index (χ0n) is 11.9. The van der Waals surface area contributed by atoms with E-state index in [2.05, 4.69) is 4.98 Å². The molecule has 0 aromatic carbocycles. The Morgan fingerprint density at radius 1 is 1.37 bits per heavy atom. The van der Waals surface area contributed by atoms with Gasteiger partial charge in [0.15, 0.2) is 0 Å². The van der Waals surface area contributed by atoms with Crippen LogP contribution in [0.1, 0.15) is 38.8 Å². The number of nitrogens with two attached hydrogens (primary N) is 2. The SMILES string of the molecule is CCC(N)C(c1ccncc1)N(CC(N)=O)C(C)C. The van der Waals surface area contributed by atoms with E-state index in [4.69, 9.17) is 11.5 Å². The van der Waals surface area contributed by atoms with Gasteiger partial charge in [-0.05, 0) is 38.0 Å². The normalized spacial score (nSPS) is 14.6. The van der Waals surface area contributed by atoms with E-state index in [9.17, 15) is 4.79 Å². The Bertz CT molecular complexity index is 394. The smallest absolute Gasteiger partial charge is 0.231 e. The summed E-state index contributed by atoms with van der Waals surface area (Å²) in [6.07, 6.45) is 4.32. The van der Waals surface area contributed by atoms with E-state index in [0.29, 0.717) is 0 Å². The molecule has 2 unspecified atom stereocenters. The van der Waals surface area contributed by atoms with Crippen LogP contribution >= 0.6 is 0 Å². The highest BCUT2D eigenvalue weighted by Crippen LogP contribution is 2.26. The fourth-order valence-corrected chi connectivity index (χ4v) is 2.25. The minimum Gasteiger partial charge on any atom is -0.369 e. The molecule has 0 spiro atoms. The molecule has 19 heavy (non-hydrogen) atoms. The third kappa shape index (κ3) is 4.29. The van der Waals surface area contributed by atoms with Gasteiger partial charge >= 0.3 is 0 Å². The summed E-state index contributed by atoms with van der Waals surface area (Å²) in [4.78, 5) is 17.4. The molecule has 5 heteroatoms. The molecule has 0 saturated heterocycles. The maximum atomic E-state index is 11.3. The molecule has 4 N–H and O–H groups in total. The second kappa shape index (κ2) is 7.21. The van der Waals surface area contributed by atoms with Gasteiger partial charge in [-0.25, -0.2) is 0 Å². The number of primary amides is 1. The summed E-state index contributed by atoms with van der Waals surface area (Å²) in [5, 5.41) is 0. The highest BCUT2D eigenvalue weighted by atomic mass is 16.1. The van der Waals surface area contributed by atoms with E-state index in [0.717, 1.165) is 12.0 Å². The van der Waals surface area contributed by atoms with Gasteiger partial charge in [-0.15, -0.1) is 0 Å². The van der Waals surface area contributed by atoms with Crippen molar-refractivity contribution < 1.29 is 4.79 Å². The van der Waals surface area contributed by atoms with Crippen molar-refractivity contribution in [1.29, 1.82) is 0 Å². The van der Waals surface area contributed by atoms with E-state index < -0.39 is 0 Å². The minimum atomic E-state index is -0.337. The number of carbonyl (C=O) groups excluding carboxylic acids is 1. The van der Waals surface area contributed by atoms with Crippen molar-refractivity contribution in [1.82, 2.24) is 9.88 Å². The van der Waals surface area contributed by atoms with Crippen molar-refractivity contribution in [2.45, 2.75) is 45.3 Å². The Labute approximate surface area is 115 Å². The lowest BCUT2D eigenvalue weighted by Crippen LogP contribution is -2.47. The molecule has 0 radical (unpaired) electrons. The molecular weight excluding hydrogens is 240 g/mol. The van der Waals surface area contributed by atoms with Gasteiger partial charge in [-0.3, -0.25) is 14.7 Å². The predicted molar refractivity (Wildman–Crippen MR) is 76.3 cm³/mol. The van der Waals surface area contributed by atoms with Gasteiger partial charge < -0.3 is 11.5 Å². The van der Waals surface area contributed by atoms with Crippen molar-refractivity contribution in [2.24, 2.45) is 11.5 Å². The summed E-state index contributed by atoms with van der Waals surface area (Å²) in [7, 11) is 0. The molecule has 0 aliphatic rings. The van der Waals surface area contributed by atoms with E-state index in [-0.39, 0.29) is 30.6 Å². The van der Waals surface area contributed by atoms with Crippen molar-refractivity contribution in [3.05, 3.63) is 30.1 Å². The zero-order chi connectivity index (χ0) is 14.4. The van der Waals surface area contributed by atoms with E-state index >= 15 is 0 Å². The van der Waals surface area contributed by atoms with Crippen LogP contribution in [-0.2, 0) is 4.79 Å². The van der Waals surface area contributed by atoms with Crippen LogP contribution in [0, 0.1) is 0 Å². The maximum Gasteiger partial charge on any atom is 0.231 e. The second-order valence-corrected chi connectivity index (χ2v) is 5.03. The van der Waals surface area contributed by atoms with Crippen LogP contribution in [0.5, 0.6) is 0 Å². The Morgan fingerprint density at radius 2 is 1.95 bits per heavy atom. The first kappa shape index (κ1) is 15.6. The van der Waals surface area contributed by atoms with E-state index in [1.54, 1.807) is 12.4 Å². The van der Waals surface area contributed by atoms with Crippen LogP contribution in [0.2, 0.25) is 0 Å². The average molecular weight is 264 g/mol. The monoisotopic (exact) mass is 264 g/mol. The van der Waals surface area contributed by atoms with Crippen LogP contribution in [-0.4, -0.2) is 34.4 Å². The fourth-order valence-electron chi connectivity index (χ4n) is 2.25. The second-order valence-electron chi connectivity index (χ2n) is 5.03. The third-order valence-corrected chi connectivity index (χ3v) is 3.28. The van der Waals surface area contributed by atoms with Crippen molar-refractivity contribution in [3.8, 4) is 0 Å². The van der Waals surface area contributed by atoms with Crippen LogP contribution in [0.3, 0.4) is 0 Å². The summed E-state index contributed by atoms with van der Waals surface area (Å²) in [5.41, 5.74) is 12.7. The summed E-state index contributed by atoms with van der Waals surface area (Å²) < 4.78 is 0. The van der Waals surface area contributed by atoms with Crippen LogP contribution in [0.25, 0.3) is 0 Å². The molecule has 1 aromatic rings. The van der Waals surface area contributed by atoms with Crippen LogP contribution in [0.15, 0.2) is 24.5 Å². The van der Waals surface area contributed by atoms with Gasteiger partial charge in [0.2, 0.25) is 5.91 Å². The lowest BCUT2D eigenvalue weighted by atomic mass is 9.96. The average Bonchev–Trinajstić information content (AvgIpc) is 2.38. The largest absolute Gasteiger partial charge is 0.369 e. The number of carbonyl (C=O) groups is 1. The minimum absolute atomic E-state index is 0.0273. The van der Waals surface area contributed by atoms with Gasteiger partial charge in [0.1, 0.15) is 0 Å². The molecule has 0 aliphatic heterocycles. The molecule has 0 aliphatic carbocycles. The summed E-state index contributed by atoms with van der Waals surface area (Å²) in [6, 6.07) is 3.99. The number of pyridine rings is 1. The lowest BCUT2D eigenvalue weighted by Gasteiger charge is -2.37. The Hall–Kier alpha value is -1.46. The number of nitrogens with zero attached hydrogens (tertiary/aromatic N) is 2. The van der Waals surface area contributed by atoms with E-state index in [1.807, 2.05) is 37.8 Å². The molecule has 1 rings (SSSR count). The maximum absolute atomic E-state index is 11.3. The Morgan fingerprint density at radius 3 is 2.37 bits per heavy atom. The molecule has 1 aromatic heterocycles. The number of rotatable bonds is 7. The topological polar surface area (TPSA) is 85.2 Å². The first-order chi connectivity index (χ1) is 8.97. The van der Waals surface area contributed by atoms with Crippen molar-refractivity contribution >= 4 is 5.91 Å². The predicted octanol–water partition coefficient (Wildman–Crippen LogP) is 1.06. The zero-order valence-corrected chi connectivity index (χ0v) is 11.9. The molecular formula is C14H24N4O. The molecule has 106 valence electrons. The summed E-state index contributed by atoms with van der Waals surface area (Å²) in [5.74, 6) is -0.337. The molecule has 0 bridgehead atoms. The number of amides is 1. The molecule has 5 nitrogen and oxygen atoms in total. The highest BCUT2D eigenvalue weighted by molar-refractivity contribution is 5.76. The molecule has 0 saturated carbocycles. The van der Waals surface area contributed by atoms with Crippen molar-refractivity contribution in [3.63, 3.8) is 0 Å². The summed E-state index contributed by atoms with van der Waals surface area (Å²) in [6.45, 7) is 6.33. The van der Waals surface area contributed by atoms with E-state index in [1.165, 1.54) is 0 Å². The molecule has 1 amide bonds. The number of hydrogen-bond acceptors (Lipinski definition) is 4. The first-order valence-electron chi connectivity index (χ1n) is 6.66. The van der Waals surface area contributed by atoms with Crippen molar-refractivity contribution in [2.75, 3.05) is 6.54 Å². The van der Waals surface area contributed by atoms with Gasteiger partial charge in [0.25, 0.3) is 0 Å². The first-order valence-corrected chi connectivity index (χ1v) is 6.66. The Balaban J connectivity index is 3.10. The highest BCUT2D eigenvalue weighted by Gasteiger charge is 2.28. The summed E-state index contributed by atoms with van der Waals surface area (Å²) >= 11 is 0. The molecule has 0 fully saturated rings. The fraction of sp³-hybridized carbons (Fsp3) is 0.571. The quantitative estimate of drug-likeness (QED) is 0.771. The number of hydrogen-bond donors (Lipinski definition) is 2.